The molecule has 0 heterocycles. The molecular weight excluding hydrogens is 304 g/mol. The van der Waals surface area contributed by atoms with Gasteiger partial charge in [0.2, 0.25) is 0 Å². The van der Waals surface area contributed by atoms with Crippen LogP contribution in [0.2, 0.25) is 0 Å². The van der Waals surface area contributed by atoms with E-state index in [0.717, 1.165) is 5.56 Å². The summed E-state index contributed by atoms with van der Waals surface area (Å²) in [5.41, 5.74) is 1.03. The number of rotatable bonds is 5. The highest BCUT2D eigenvalue weighted by atomic mass is 32.2. The van der Waals surface area contributed by atoms with Gasteiger partial charge >= 0.3 is 5.97 Å². The summed E-state index contributed by atoms with van der Waals surface area (Å²) in [6, 6.07) is 12.6. The van der Waals surface area contributed by atoms with Crippen LogP contribution in [-0.4, -0.2) is 24.0 Å². The van der Waals surface area contributed by atoms with Gasteiger partial charge in [0.05, 0.1) is 5.56 Å². The van der Waals surface area contributed by atoms with Crippen molar-refractivity contribution in [3.8, 4) is 0 Å². The Labute approximate surface area is 129 Å². The van der Waals surface area contributed by atoms with Crippen molar-refractivity contribution < 1.29 is 22.9 Å². The third-order valence-electron chi connectivity index (χ3n) is 3.44. The zero-order chi connectivity index (χ0) is 16.3. The van der Waals surface area contributed by atoms with Crippen LogP contribution in [0.1, 0.15) is 39.2 Å². The van der Waals surface area contributed by atoms with Crippen LogP contribution in [0, 0.1) is 0 Å². The van der Waals surface area contributed by atoms with E-state index in [0.29, 0.717) is 12.0 Å². The third-order valence-corrected chi connectivity index (χ3v) is 4.56. The topological polar surface area (TPSA) is 91.7 Å². The fourth-order valence-corrected chi connectivity index (χ4v) is 3.40. The monoisotopic (exact) mass is 320 g/mol. The van der Waals surface area contributed by atoms with Gasteiger partial charge in [0.15, 0.2) is 0 Å². The molecule has 0 saturated heterocycles. The molecule has 0 bridgehead atoms. The van der Waals surface area contributed by atoms with Crippen molar-refractivity contribution in [3.63, 3.8) is 0 Å². The van der Waals surface area contributed by atoms with Gasteiger partial charge in [-0.15, -0.1) is 0 Å². The summed E-state index contributed by atoms with van der Waals surface area (Å²) in [6.45, 7) is 1.87. The second-order valence-electron chi connectivity index (χ2n) is 4.89. The molecule has 1 atom stereocenters. The predicted molar refractivity (Wildman–Crippen MR) is 82.6 cm³/mol. The zero-order valence-corrected chi connectivity index (χ0v) is 12.7. The fourth-order valence-electron chi connectivity index (χ4n) is 2.38. The highest BCUT2D eigenvalue weighted by Crippen LogP contribution is 2.32. The van der Waals surface area contributed by atoms with E-state index < -0.39 is 21.3 Å². The molecule has 116 valence electrons. The van der Waals surface area contributed by atoms with E-state index in [1.165, 1.54) is 24.3 Å². The lowest BCUT2D eigenvalue weighted by molar-refractivity contribution is 0.0695. The molecular formula is C16H16O5S. The molecule has 2 aromatic rings. The minimum absolute atomic E-state index is 0.0541. The molecule has 0 aliphatic rings. The molecule has 1 unspecified atom stereocenters. The second kappa shape index (κ2) is 6.29. The summed E-state index contributed by atoms with van der Waals surface area (Å²) in [5.74, 6) is -1.23. The second-order valence-corrected chi connectivity index (χ2v) is 6.39. The van der Waals surface area contributed by atoms with E-state index in [-0.39, 0.29) is 11.1 Å². The normalized spacial score (nSPS) is 12.8. The van der Waals surface area contributed by atoms with Crippen LogP contribution in [0.4, 0.5) is 0 Å². The maximum atomic E-state index is 11.8. The van der Waals surface area contributed by atoms with Crippen LogP contribution in [0.25, 0.3) is 0 Å². The Morgan fingerprint density at radius 2 is 1.77 bits per heavy atom. The van der Waals surface area contributed by atoms with Crippen molar-refractivity contribution >= 4 is 16.1 Å². The van der Waals surface area contributed by atoms with E-state index in [9.17, 15) is 22.9 Å². The first kappa shape index (κ1) is 16.2. The Hall–Kier alpha value is -2.18. The van der Waals surface area contributed by atoms with Crippen molar-refractivity contribution in [3.05, 3.63) is 70.8 Å². The SMILES string of the molecule is CCc1ccc(C(c2ccccc2)S(=O)(=O)O)c(C(=O)O)c1. The lowest BCUT2D eigenvalue weighted by Gasteiger charge is -2.17. The molecule has 0 radical (unpaired) electrons. The van der Waals surface area contributed by atoms with Gasteiger partial charge in [-0.3, -0.25) is 4.55 Å². The average Bonchev–Trinajstić information content (AvgIpc) is 2.47. The fraction of sp³-hybridized carbons (Fsp3) is 0.188. The first-order chi connectivity index (χ1) is 10.3. The van der Waals surface area contributed by atoms with Crippen molar-refractivity contribution in [2.45, 2.75) is 18.6 Å². The quantitative estimate of drug-likeness (QED) is 0.826. The predicted octanol–water partition coefficient (Wildman–Crippen LogP) is 2.92. The van der Waals surface area contributed by atoms with Gasteiger partial charge in [0.25, 0.3) is 10.1 Å². The van der Waals surface area contributed by atoms with E-state index in [2.05, 4.69) is 0 Å². The van der Waals surface area contributed by atoms with Crippen LogP contribution in [0.5, 0.6) is 0 Å². The van der Waals surface area contributed by atoms with Crippen LogP contribution >= 0.6 is 0 Å². The van der Waals surface area contributed by atoms with Crippen molar-refractivity contribution in [2.24, 2.45) is 0 Å². The highest BCUT2D eigenvalue weighted by Gasteiger charge is 2.30. The van der Waals surface area contributed by atoms with Gasteiger partial charge in [-0.2, -0.15) is 8.42 Å². The summed E-state index contributed by atoms with van der Waals surface area (Å²) >= 11 is 0. The lowest BCUT2D eigenvalue weighted by atomic mass is 9.96. The van der Waals surface area contributed by atoms with Gasteiger partial charge in [0, 0.05) is 0 Å². The molecule has 0 aromatic heterocycles. The molecule has 0 amide bonds. The van der Waals surface area contributed by atoms with Gasteiger partial charge in [-0.1, -0.05) is 49.4 Å². The molecule has 2 aromatic carbocycles. The van der Waals surface area contributed by atoms with Crippen molar-refractivity contribution in [1.29, 1.82) is 0 Å². The molecule has 2 N–H and O–H groups in total. The number of carboxylic acids is 1. The zero-order valence-electron chi connectivity index (χ0n) is 11.9. The van der Waals surface area contributed by atoms with Gasteiger partial charge < -0.3 is 5.11 Å². The molecule has 5 nitrogen and oxygen atoms in total. The summed E-state index contributed by atoms with van der Waals surface area (Å²) in [7, 11) is -4.51. The van der Waals surface area contributed by atoms with Gasteiger partial charge in [-0.25, -0.2) is 4.79 Å². The molecule has 2 rings (SSSR count). The smallest absolute Gasteiger partial charge is 0.336 e. The van der Waals surface area contributed by atoms with Gasteiger partial charge in [-0.05, 0) is 29.2 Å². The van der Waals surface area contributed by atoms with E-state index >= 15 is 0 Å². The maximum absolute atomic E-state index is 11.8. The summed E-state index contributed by atoms with van der Waals surface area (Å²) < 4.78 is 33.2. The number of hydrogen-bond donors (Lipinski definition) is 2. The van der Waals surface area contributed by atoms with Crippen LogP contribution < -0.4 is 0 Å². The Balaban J connectivity index is 2.71. The molecule has 0 aliphatic heterocycles. The number of benzene rings is 2. The number of carbonyl (C=O) groups is 1. The third kappa shape index (κ3) is 3.35. The lowest BCUT2D eigenvalue weighted by Crippen LogP contribution is -2.17. The minimum atomic E-state index is -4.51. The number of hydrogen-bond acceptors (Lipinski definition) is 3. The Morgan fingerprint density at radius 3 is 2.27 bits per heavy atom. The minimum Gasteiger partial charge on any atom is -0.478 e. The maximum Gasteiger partial charge on any atom is 0.336 e. The molecule has 0 aliphatic carbocycles. The molecule has 0 saturated carbocycles. The Kier molecular flexibility index (Phi) is 4.63. The standard InChI is InChI=1S/C16H16O5S/c1-2-11-8-9-13(14(10-11)16(17)18)15(22(19,20)21)12-6-4-3-5-7-12/h3-10,15H,2H2,1H3,(H,17,18)(H,19,20,21). The first-order valence-electron chi connectivity index (χ1n) is 6.72. The van der Waals surface area contributed by atoms with E-state index in [1.54, 1.807) is 24.3 Å². The van der Waals surface area contributed by atoms with E-state index in [4.69, 9.17) is 0 Å². The van der Waals surface area contributed by atoms with E-state index in [1.807, 2.05) is 6.92 Å². The van der Waals surface area contributed by atoms with Crippen LogP contribution in [-0.2, 0) is 16.5 Å². The Morgan fingerprint density at radius 1 is 1.14 bits per heavy atom. The van der Waals surface area contributed by atoms with Crippen LogP contribution in [0.3, 0.4) is 0 Å². The van der Waals surface area contributed by atoms with Crippen molar-refractivity contribution in [2.75, 3.05) is 0 Å². The first-order valence-corrected chi connectivity index (χ1v) is 8.22. The summed E-state index contributed by atoms with van der Waals surface area (Å²) in [4.78, 5) is 11.5. The molecule has 0 spiro atoms. The molecule has 6 heteroatoms. The number of carboxylic acid groups (broad SMARTS) is 1. The summed E-state index contributed by atoms with van der Waals surface area (Å²) in [5, 5.41) is 7.95. The largest absolute Gasteiger partial charge is 0.478 e. The average molecular weight is 320 g/mol. The number of aryl methyl sites for hydroxylation is 1. The number of aromatic carboxylic acids is 1. The van der Waals surface area contributed by atoms with Crippen LogP contribution in [0.15, 0.2) is 48.5 Å². The van der Waals surface area contributed by atoms with Crippen molar-refractivity contribution in [1.82, 2.24) is 0 Å². The Bertz CT molecular complexity index is 781. The van der Waals surface area contributed by atoms with Gasteiger partial charge in [0.1, 0.15) is 5.25 Å². The molecule has 0 fully saturated rings. The highest BCUT2D eigenvalue weighted by molar-refractivity contribution is 7.86. The summed E-state index contributed by atoms with van der Waals surface area (Å²) in [6.07, 6.45) is 0.627. The molecule has 22 heavy (non-hydrogen) atoms.